The second kappa shape index (κ2) is 8.43. The van der Waals surface area contributed by atoms with Crippen LogP contribution in [-0.4, -0.2) is 25.5 Å². The topological polar surface area (TPSA) is 90.7 Å². The predicted molar refractivity (Wildman–Crippen MR) is 108 cm³/mol. The van der Waals surface area contributed by atoms with Crippen molar-refractivity contribution in [2.75, 3.05) is 13.7 Å². The van der Waals surface area contributed by atoms with Crippen LogP contribution < -0.4 is 20.5 Å². The summed E-state index contributed by atoms with van der Waals surface area (Å²) in [7, 11) is 1.47. The van der Waals surface area contributed by atoms with Gasteiger partial charge in [-0.15, -0.1) is 0 Å². The molecule has 0 aliphatic carbocycles. The fourth-order valence-electron chi connectivity index (χ4n) is 3.06. The van der Waals surface area contributed by atoms with Gasteiger partial charge in [-0.1, -0.05) is 42.5 Å². The van der Waals surface area contributed by atoms with E-state index in [1.807, 2.05) is 49.4 Å². The molecule has 0 radical (unpaired) electrons. The van der Waals surface area contributed by atoms with Crippen LogP contribution in [0.1, 0.15) is 28.9 Å². The number of carbonyl (C=O) groups excluding carboxylic acids is 2. The molecule has 6 nitrogen and oxygen atoms in total. The number of benzene rings is 3. The molecule has 0 saturated heterocycles. The summed E-state index contributed by atoms with van der Waals surface area (Å²) in [6, 6.07) is 18.7. The number of ether oxygens (including phenoxy) is 2. The normalized spacial score (nSPS) is 11.6. The van der Waals surface area contributed by atoms with E-state index < -0.39 is 5.91 Å². The highest BCUT2D eigenvalue weighted by Crippen LogP contribution is 2.29. The fourth-order valence-corrected chi connectivity index (χ4v) is 3.06. The highest BCUT2D eigenvalue weighted by molar-refractivity contribution is 5.95. The van der Waals surface area contributed by atoms with Crippen LogP contribution in [0.5, 0.6) is 11.5 Å². The number of nitrogens with two attached hydrogens (primary N) is 1. The van der Waals surface area contributed by atoms with Crippen LogP contribution in [0.25, 0.3) is 10.8 Å². The minimum absolute atomic E-state index is 0.185. The standard InChI is InChI=1S/C22H22N2O4/c1-14(17-9-5-7-15-6-3-4-8-18(15)17)24-22(26)16-10-11-19(20(12-16)27-2)28-13-21(23)25/h3-12,14H,13H2,1-2H3,(H2,23,25)(H,24,26). The number of rotatable bonds is 7. The van der Waals surface area contributed by atoms with Crippen LogP contribution in [0.4, 0.5) is 0 Å². The van der Waals surface area contributed by atoms with Crippen molar-refractivity contribution < 1.29 is 19.1 Å². The number of carbonyl (C=O) groups is 2. The summed E-state index contributed by atoms with van der Waals surface area (Å²) >= 11 is 0. The second-order valence-corrected chi connectivity index (χ2v) is 6.38. The maximum atomic E-state index is 12.7. The first-order valence-electron chi connectivity index (χ1n) is 8.87. The lowest BCUT2D eigenvalue weighted by atomic mass is 9.99. The minimum Gasteiger partial charge on any atom is -0.493 e. The molecule has 0 saturated carbocycles. The second-order valence-electron chi connectivity index (χ2n) is 6.38. The lowest BCUT2D eigenvalue weighted by Gasteiger charge is -2.17. The third kappa shape index (κ3) is 4.23. The van der Waals surface area contributed by atoms with E-state index in [9.17, 15) is 9.59 Å². The Morgan fingerprint density at radius 3 is 2.54 bits per heavy atom. The van der Waals surface area contributed by atoms with Gasteiger partial charge >= 0.3 is 0 Å². The van der Waals surface area contributed by atoms with Gasteiger partial charge in [-0.2, -0.15) is 0 Å². The molecule has 3 N–H and O–H groups in total. The van der Waals surface area contributed by atoms with Crippen molar-refractivity contribution in [2.24, 2.45) is 5.73 Å². The zero-order valence-corrected chi connectivity index (χ0v) is 15.8. The van der Waals surface area contributed by atoms with Gasteiger partial charge in [0.15, 0.2) is 18.1 Å². The molecule has 2 amide bonds. The number of methoxy groups -OCH3 is 1. The van der Waals surface area contributed by atoms with Crippen LogP contribution in [0.2, 0.25) is 0 Å². The molecule has 3 rings (SSSR count). The van der Waals surface area contributed by atoms with E-state index in [0.717, 1.165) is 16.3 Å². The molecule has 0 aliphatic rings. The fraction of sp³-hybridized carbons (Fsp3) is 0.182. The van der Waals surface area contributed by atoms with Gasteiger partial charge in [0.05, 0.1) is 13.2 Å². The van der Waals surface area contributed by atoms with Crippen molar-refractivity contribution in [3.8, 4) is 11.5 Å². The number of hydrogen-bond acceptors (Lipinski definition) is 4. The van der Waals surface area contributed by atoms with E-state index in [1.165, 1.54) is 7.11 Å². The first-order valence-corrected chi connectivity index (χ1v) is 8.87. The Labute approximate surface area is 163 Å². The molecule has 144 valence electrons. The van der Waals surface area contributed by atoms with Crippen molar-refractivity contribution in [1.29, 1.82) is 0 Å². The molecule has 0 heterocycles. The van der Waals surface area contributed by atoms with Gasteiger partial charge in [0.2, 0.25) is 0 Å². The molecule has 0 aliphatic heterocycles. The van der Waals surface area contributed by atoms with Crippen LogP contribution >= 0.6 is 0 Å². The van der Waals surface area contributed by atoms with Crippen LogP contribution in [0, 0.1) is 0 Å². The quantitative estimate of drug-likeness (QED) is 0.660. The van der Waals surface area contributed by atoms with Crippen molar-refractivity contribution >= 4 is 22.6 Å². The third-order valence-electron chi connectivity index (χ3n) is 4.43. The Hall–Kier alpha value is -3.54. The molecule has 3 aromatic carbocycles. The monoisotopic (exact) mass is 378 g/mol. The number of amides is 2. The number of fused-ring (bicyclic) bond motifs is 1. The maximum Gasteiger partial charge on any atom is 0.255 e. The molecule has 0 spiro atoms. The first kappa shape index (κ1) is 19.2. The Morgan fingerprint density at radius 1 is 1.04 bits per heavy atom. The molecular formula is C22H22N2O4. The minimum atomic E-state index is -0.590. The smallest absolute Gasteiger partial charge is 0.255 e. The van der Waals surface area contributed by atoms with Crippen LogP contribution in [0.3, 0.4) is 0 Å². The van der Waals surface area contributed by atoms with Gasteiger partial charge in [-0.05, 0) is 41.5 Å². The molecule has 1 unspecified atom stereocenters. The van der Waals surface area contributed by atoms with E-state index in [-0.39, 0.29) is 18.6 Å². The third-order valence-corrected chi connectivity index (χ3v) is 4.43. The summed E-state index contributed by atoms with van der Waals surface area (Å²) in [5.41, 5.74) is 6.56. The summed E-state index contributed by atoms with van der Waals surface area (Å²) in [5, 5.41) is 5.24. The van der Waals surface area contributed by atoms with Gasteiger partial charge in [-0.25, -0.2) is 0 Å². The average Bonchev–Trinajstić information content (AvgIpc) is 2.71. The molecule has 0 bridgehead atoms. The van der Waals surface area contributed by atoms with Gasteiger partial charge in [0, 0.05) is 5.56 Å². The molecule has 1 atom stereocenters. The molecular weight excluding hydrogens is 356 g/mol. The van der Waals surface area contributed by atoms with E-state index in [1.54, 1.807) is 18.2 Å². The van der Waals surface area contributed by atoms with Crippen LogP contribution in [-0.2, 0) is 4.79 Å². The highest BCUT2D eigenvalue weighted by Gasteiger charge is 2.16. The SMILES string of the molecule is COc1cc(C(=O)NC(C)c2cccc3ccccc23)ccc1OCC(N)=O. The Morgan fingerprint density at radius 2 is 1.79 bits per heavy atom. The Bertz CT molecular complexity index is 1010. The lowest BCUT2D eigenvalue weighted by Crippen LogP contribution is -2.26. The maximum absolute atomic E-state index is 12.7. The van der Waals surface area contributed by atoms with Crippen molar-refractivity contribution in [3.05, 3.63) is 71.8 Å². The lowest BCUT2D eigenvalue weighted by molar-refractivity contribution is -0.119. The number of primary amides is 1. The Kier molecular flexibility index (Phi) is 5.79. The van der Waals surface area contributed by atoms with Crippen molar-refractivity contribution in [3.63, 3.8) is 0 Å². The van der Waals surface area contributed by atoms with Gasteiger partial charge in [0.25, 0.3) is 11.8 Å². The summed E-state index contributed by atoms with van der Waals surface area (Å²) in [6.07, 6.45) is 0. The van der Waals surface area contributed by atoms with E-state index in [2.05, 4.69) is 5.32 Å². The molecule has 28 heavy (non-hydrogen) atoms. The van der Waals surface area contributed by atoms with E-state index in [0.29, 0.717) is 17.1 Å². The van der Waals surface area contributed by atoms with E-state index in [4.69, 9.17) is 15.2 Å². The van der Waals surface area contributed by atoms with Crippen molar-refractivity contribution in [2.45, 2.75) is 13.0 Å². The molecule has 0 fully saturated rings. The molecule has 6 heteroatoms. The van der Waals surface area contributed by atoms with Crippen molar-refractivity contribution in [1.82, 2.24) is 5.32 Å². The first-order chi connectivity index (χ1) is 13.5. The van der Waals surface area contributed by atoms with Gasteiger partial charge in [-0.3, -0.25) is 9.59 Å². The van der Waals surface area contributed by atoms with Gasteiger partial charge < -0.3 is 20.5 Å². The van der Waals surface area contributed by atoms with E-state index >= 15 is 0 Å². The highest BCUT2D eigenvalue weighted by atomic mass is 16.5. The summed E-state index contributed by atoms with van der Waals surface area (Å²) < 4.78 is 10.6. The zero-order chi connectivity index (χ0) is 20.1. The van der Waals surface area contributed by atoms with Crippen LogP contribution in [0.15, 0.2) is 60.7 Å². The summed E-state index contributed by atoms with van der Waals surface area (Å²) in [4.78, 5) is 23.6. The molecule has 3 aromatic rings. The Balaban J connectivity index is 1.79. The number of hydrogen-bond donors (Lipinski definition) is 2. The average molecular weight is 378 g/mol. The molecule has 0 aromatic heterocycles. The van der Waals surface area contributed by atoms with Gasteiger partial charge in [0.1, 0.15) is 0 Å². The summed E-state index contributed by atoms with van der Waals surface area (Å²) in [5.74, 6) is -0.125. The zero-order valence-electron chi connectivity index (χ0n) is 15.8. The predicted octanol–water partition coefficient (Wildman–Crippen LogP) is 3.20. The summed E-state index contributed by atoms with van der Waals surface area (Å²) in [6.45, 7) is 1.68. The largest absolute Gasteiger partial charge is 0.493 e. The number of nitrogens with one attached hydrogen (secondary N) is 1.